The van der Waals surface area contributed by atoms with Crippen molar-refractivity contribution in [3.63, 3.8) is 0 Å². The fraction of sp³-hybridized carbons (Fsp3) is 0.500. The zero-order valence-electron chi connectivity index (χ0n) is 7.77. The molecule has 0 fully saturated rings. The van der Waals surface area contributed by atoms with Gasteiger partial charge in [-0.15, -0.1) is 0 Å². The van der Waals surface area contributed by atoms with Gasteiger partial charge in [0.05, 0.1) is 4.92 Å². The molecule has 7 heteroatoms. The number of hydrogen-bond donors (Lipinski definition) is 2. The normalized spacial score (nSPS) is 9.53. The van der Waals surface area contributed by atoms with Crippen molar-refractivity contribution in [2.75, 3.05) is 5.32 Å². The van der Waals surface area contributed by atoms with E-state index in [2.05, 4.69) is 15.3 Å². The number of H-pyrrole nitrogens is 1. The Kier molecular flexibility index (Phi) is 4.86. The van der Waals surface area contributed by atoms with Gasteiger partial charge in [-0.1, -0.05) is 7.43 Å². The van der Waals surface area contributed by atoms with Crippen LogP contribution in [0, 0.1) is 14.9 Å². The highest BCUT2D eigenvalue weighted by atomic mass is 32.1. The predicted octanol–water partition coefficient (Wildman–Crippen LogP) is 2.50. The lowest BCUT2D eigenvalue weighted by molar-refractivity contribution is -0.384. The van der Waals surface area contributed by atoms with Crippen LogP contribution < -0.4 is 5.32 Å². The summed E-state index contributed by atoms with van der Waals surface area (Å²) in [5.41, 5.74) is -0.104. The van der Waals surface area contributed by atoms with E-state index in [1.54, 1.807) is 0 Å². The number of nitrogens with one attached hydrogen (secondary N) is 2. The van der Waals surface area contributed by atoms with Crippen LogP contribution in [0.25, 0.3) is 0 Å². The highest BCUT2D eigenvalue weighted by Crippen LogP contribution is 2.19. The minimum Gasteiger partial charge on any atom is -0.364 e. The quantitative estimate of drug-likeness (QED) is 0.473. The second kappa shape index (κ2) is 5.40. The van der Waals surface area contributed by atoms with E-state index >= 15 is 0 Å². The molecule has 6 nitrogen and oxygen atoms in total. The Morgan fingerprint density at radius 3 is 2.73 bits per heavy atom. The van der Waals surface area contributed by atoms with Crippen molar-refractivity contribution in [3.8, 4) is 0 Å². The summed E-state index contributed by atoms with van der Waals surface area (Å²) in [5.74, 6) is 0.296. The molecule has 0 unspecified atom stereocenters. The van der Waals surface area contributed by atoms with Gasteiger partial charge in [0.2, 0.25) is 0 Å². The maximum atomic E-state index is 10.6. The van der Waals surface area contributed by atoms with E-state index in [1.807, 2.05) is 13.8 Å². The third-order valence-corrected chi connectivity index (χ3v) is 1.63. The molecule has 0 amide bonds. The minimum atomic E-state index is -0.511. The molecule has 1 heterocycles. The molecule has 0 aliphatic carbocycles. The van der Waals surface area contributed by atoms with E-state index < -0.39 is 4.92 Å². The Balaban J connectivity index is 0.00000196. The number of hydrogen-bond acceptors (Lipinski definition) is 5. The van der Waals surface area contributed by atoms with Gasteiger partial charge in [0.15, 0.2) is 10.6 Å². The van der Waals surface area contributed by atoms with Crippen molar-refractivity contribution < 1.29 is 4.92 Å². The summed E-state index contributed by atoms with van der Waals surface area (Å²) < 4.78 is 0.221. The topological polar surface area (TPSA) is 83.8 Å². The minimum absolute atomic E-state index is 0. The Bertz CT molecular complexity index is 402. The number of nitrogens with zero attached hydrogens (tertiary/aromatic N) is 2. The summed E-state index contributed by atoms with van der Waals surface area (Å²) in [6.45, 7) is 3.75. The molecular formula is C8H14N4O2S. The molecule has 0 spiro atoms. The molecule has 0 aliphatic rings. The lowest BCUT2D eigenvalue weighted by Crippen LogP contribution is -2.13. The van der Waals surface area contributed by atoms with Crippen LogP contribution in [-0.2, 0) is 0 Å². The van der Waals surface area contributed by atoms with Crippen LogP contribution in [0.15, 0.2) is 6.20 Å². The number of aromatic amines is 1. The van der Waals surface area contributed by atoms with E-state index in [0.717, 1.165) is 6.20 Å². The third-order valence-electron chi connectivity index (χ3n) is 1.42. The van der Waals surface area contributed by atoms with E-state index in [-0.39, 0.29) is 23.9 Å². The first-order valence-corrected chi connectivity index (χ1v) is 4.41. The van der Waals surface area contributed by atoms with Gasteiger partial charge in [-0.05, 0) is 26.1 Å². The SMILES string of the molecule is C.CC(C)Nc1[nH]c(=S)ncc1[N+](=O)[O-]. The molecule has 0 aromatic carbocycles. The van der Waals surface area contributed by atoms with Gasteiger partial charge in [0, 0.05) is 6.04 Å². The summed E-state index contributed by atoms with van der Waals surface area (Å²) in [6.07, 6.45) is 1.14. The number of anilines is 1. The lowest BCUT2D eigenvalue weighted by atomic mass is 10.4. The fourth-order valence-corrected chi connectivity index (χ4v) is 1.08. The van der Waals surface area contributed by atoms with Crippen molar-refractivity contribution in [1.82, 2.24) is 9.97 Å². The predicted molar refractivity (Wildman–Crippen MR) is 61.6 cm³/mol. The Morgan fingerprint density at radius 1 is 1.67 bits per heavy atom. The summed E-state index contributed by atoms with van der Waals surface area (Å²) in [7, 11) is 0. The lowest BCUT2D eigenvalue weighted by Gasteiger charge is -2.08. The molecule has 1 aromatic heterocycles. The van der Waals surface area contributed by atoms with E-state index in [4.69, 9.17) is 12.2 Å². The molecule has 0 saturated carbocycles. The van der Waals surface area contributed by atoms with Crippen LogP contribution in [0.2, 0.25) is 0 Å². The van der Waals surface area contributed by atoms with Gasteiger partial charge in [0.1, 0.15) is 6.20 Å². The van der Waals surface area contributed by atoms with Crippen LogP contribution in [0.4, 0.5) is 11.5 Å². The van der Waals surface area contributed by atoms with Crippen molar-refractivity contribution in [2.45, 2.75) is 27.3 Å². The highest BCUT2D eigenvalue weighted by Gasteiger charge is 2.14. The highest BCUT2D eigenvalue weighted by molar-refractivity contribution is 7.71. The molecule has 0 atom stereocenters. The first kappa shape index (κ1) is 13.5. The zero-order chi connectivity index (χ0) is 10.7. The Morgan fingerprint density at radius 2 is 2.27 bits per heavy atom. The van der Waals surface area contributed by atoms with Crippen LogP contribution >= 0.6 is 12.2 Å². The van der Waals surface area contributed by atoms with E-state index in [9.17, 15) is 10.1 Å². The molecule has 0 radical (unpaired) electrons. The number of aromatic nitrogens is 2. The van der Waals surface area contributed by atoms with Gasteiger partial charge >= 0.3 is 5.69 Å². The summed E-state index contributed by atoms with van der Waals surface area (Å²) in [4.78, 5) is 16.4. The molecular weight excluding hydrogens is 216 g/mol. The molecule has 1 aromatic rings. The zero-order valence-corrected chi connectivity index (χ0v) is 8.59. The monoisotopic (exact) mass is 230 g/mol. The molecule has 1 rings (SSSR count). The Labute approximate surface area is 92.9 Å². The maximum absolute atomic E-state index is 10.6. The summed E-state index contributed by atoms with van der Waals surface area (Å²) in [6, 6.07) is 0.0850. The molecule has 15 heavy (non-hydrogen) atoms. The van der Waals surface area contributed by atoms with Crippen molar-refractivity contribution in [3.05, 3.63) is 21.1 Å². The third kappa shape index (κ3) is 3.62. The van der Waals surface area contributed by atoms with Crippen molar-refractivity contribution >= 4 is 23.7 Å². The van der Waals surface area contributed by atoms with Gasteiger partial charge in [-0.3, -0.25) is 10.1 Å². The van der Waals surface area contributed by atoms with Gasteiger partial charge in [-0.25, -0.2) is 4.98 Å². The Hall–Kier alpha value is -1.50. The van der Waals surface area contributed by atoms with E-state index in [1.165, 1.54) is 0 Å². The van der Waals surface area contributed by atoms with E-state index in [0.29, 0.717) is 5.82 Å². The van der Waals surface area contributed by atoms with Gasteiger partial charge < -0.3 is 10.3 Å². The average molecular weight is 230 g/mol. The second-order valence-corrected chi connectivity index (χ2v) is 3.39. The van der Waals surface area contributed by atoms with Crippen LogP contribution in [0.1, 0.15) is 21.3 Å². The van der Waals surface area contributed by atoms with Crippen LogP contribution in [0.3, 0.4) is 0 Å². The van der Waals surface area contributed by atoms with Gasteiger partial charge in [0.25, 0.3) is 0 Å². The maximum Gasteiger partial charge on any atom is 0.327 e. The summed E-state index contributed by atoms with van der Waals surface area (Å²) in [5, 5.41) is 13.5. The van der Waals surface area contributed by atoms with Crippen LogP contribution in [-0.4, -0.2) is 20.9 Å². The molecule has 0 aliphatic heterocycles. The first-order valence-electron chi connectivity index (χ1n) is 4.01. The van der Waals surface area contributed by atoms with Gasteiger partial charge in [-0.2, -0.15) is 0 Å². The van der Waals surface area contributed by atoms with Crippen molar-refractivity contribution in [1.29, 1.82) is 0 Å². The van der Waals surface area contributed by atoms with Crippen LogP contribution in [0.5, 0.6) is 0 Å². The molecule has 0 saturated heterocycles. The summed E-state index contributed by atoms with van der Waals surface area (Å²) >= 11 is 4.77. The first-order chi connectivity index (χ1) is 6.50. The smallest absolute Gasteiger partial charge is 0.327 e. The van der Waals surface area contributed by atoms with Crippen molar-refractivity contribution in [2.24, 2.45) is 0 Å². The fourth-order valence-electron chi connectivity index (χ4n) is 0.925. The molecule has 2 N–H and O–H groups in total. The number of rotatable bonds is 3. The molecule has 84 valence electrons. The standard InChI is InChI=1S/C7H10N4O2S.CH4/c1-4(2)9-6-5(11(12)13)3-8-7(14)10-6;/h3-4H,1-2H3,(H2,8,9,10,14);1H4. The number of nitro groups is 1. The average Bonchev–Trinajstić information content (AvgIpc) is 2.01. The molecule has 0 bridgehead atoms. The largest absolute Gasteiger partial charge is 0.364 e. The second-order valence-electron chi connectivity index (χ2n) is 3.00.